The average molecular weight is 378 g/mol. The van der Waals surface area contributed by atoms with E-state index in [9.17, 15) is 0 Å². The summed E-state index contributed by atoms with van der Waals surface area (Å²) in [4.78, 5) is 16.6. The number of aliphatic imine (C=N–C) groups is 1. The highest BCUT2D eigenvalue weighted by molar-refractivity contribution is 5.76. The molecule has 3 fully saturated rings. The fourth-order valence-corrected chi connectivity index (χ4v) is 4.38. The van der Waals surface area contributed by atoms with Crippen molar-refractivity contribution in [3.63, 3.8) is 0 Å². The second-order valence-corrected chi connectivity index (χ2v) is 7.63. The first-order chi connectivity index (χ1) is 13.8. The van der Waals surface area contributed by atoms with Crippen molar-refractivity contribution in [1.29, 1.82) is 0 Å². The van der Waals surface area contributed by atoms with Crippen LogP contribution in [0.4, 0.5) is 0 Å². The Bertz CT molecular complexity index is 921. The van der Waals surface area contributed by atoms with Gasteiger partial charge in [-0.15, -0.1) is 0 Å². The molecule has 8 nitrogen and oxygen atoms in total. The van der Waals surface area contributed by atoms with Crippen LogP contribution >= 0.6 is 0 Å². The average Bonchev–Trinajstić information content (AvgIpc) is 3.33. The lowest BCUT2D eigenvalue weighted by molar-refractivity contribution is -0.00125. The molecule has 0 amide bonds. The fraction of sp³-hybridized carbons (Fsp3) is 0.450. The van der Waals surface area contributed by atoms with Gasteiger partial charge in [0.05, 0.1) is 41.5 Å². The highest BCUT2D eigenvalue weighted by Crippen LogP contribution is 2.38. The zero-order valence-electron chi connectivity index (χ0n) is 15.4. The Morgan fingerprint density at radius 1 is 0.893 bits per heavy atom. The highest BCUT2D eigenvalue weighted by Gasteiger charge is 2.44. The molecule has 0 saturated carbocycles. The molecule has 2 aromatic heterocycles. The van der Waals surface area contributed by atoms with Gasteiger partial charge in [0.15, 0.2) is 12.5 Å². The van der Waals surface area contributed by atoms with Crippen molar-refractivity contribution in [3.8, 4) is 0 Å². The molecule has 144 valence electrons. The van der Waals surface area contributed by atoms with Gasteiger partial charge < -0.3 is 9.47 Å². The lowest BCUT2D eigenvalue weighted by atomic mass is 10.1. The number of pyridine rings is 2. The first-order valence-corrected chi connectivity index (χ1v) is 9.80. The number of hydrogen-bond acceptors (Lipinski definition) is 8. The van der Waals surface area contributed by atoms with Gasteiger partial charge in [-0.1, -0.05) is 12.1 Å². The molecule has 8 heteroatoms. The van der Waals surface area contributed by atoms with Crippen molar-refractivity contribution >= 4 is 6.21 Å². The molecule has 0 aromatic carbocycles. The second-order valence-electron chi connectivity index (χ2n) is 7.63. The Morgan fingerprint density at radius 3 is 2.75 bits per heavy atom. The maximum atomic E-state index is 6.32. The summed E-state index contributed by atoms with van der Waals surface area (Å²) in [6.45, 7) is 3.00. The van der Waals surface area contributed by atoms with Crippen LogP contribution in [0, 0.1) is 0 Å². The molecular formula is C20H22N6O2. The zero-order valence-corrected chi connectivity index (χ0v) is 15.4. The Labute approximate surface area is 163 Å². The minimum Gasteiger partial charge on any atom is -0.351 e. The summed E-state index contributed by atoms with van der Waals surface area (Å²) in [5.41, 5.74) is 3.62. The van der Waals surface area contributed by atoms with Gasteiger partial charge >= 0.3 is 0 Å². The van der Waals surface area contributed by atoms with Crippen LogP contribution in [0.5, 0.6) is 0 Å². The van der Waals surface area contributed by atoms with E-state index >= 15 is 0 Å². The standard InChI is InChI=1S/C20H22N6O2/c1-3-12-7-21-8-13-9-23-19(27-13)16-5-2-6-17(25-16)20-26-11-14(28-20)10-22-18(26)15(4-1)24-12/h1-7,13-14,18-20,22-23H,8-11H2/t13-,14+,18-,19+,20+/m0/s1. The second kappa shape index (κ2) is 6.68. The van der Waals surface area contributed by atoms with Crippen LogP contribution in [0.3, 0.4) is 0 Å². The molecule has 28 heavy (non-hydrogen) atoms. The maximum absolute atomic E-state index is 6.32. The molecule has 5 atom stereocenters. The monoisotopic (exact) mass is 378 g/mol. The van der Waals surface area contributed by atoms with Crippen molar-refractivity contribution in [1.82, 2.24) is 25.5 Å². The van der Waals surface area contributed by atoms with Gasteiger partial charge in [-0.2, -0.15) is 0 Å². The van der Waals surface area contributed by atoms with Crippen LogP contribution < -0.4 is 10.6 Å². The van der Waals surface area contributed by atoms with Gasteiger partial charge in [-0.25, -0.2) is 14.9 Å². The lowest BCUT2D eigenvalue weighted by Crippen LogP contribution is -2.46. The lowest BCUT2D eigenvalue weighted by Gasteiger charge is -2.33. The Hall–Kier alpha value is -2.23. The van der Waals surface area contributed by atoms with Crippen LogP contribution in [0.1, 0.15) is 41.4 Å². The molecule has 2 N–H and O–H groups in total. The van der Waals surface area contributed by atoms with Gasteiger partial charge in [0.2, 0.25) is 0 Å². The minimum absolute atomic E-state index is 0.0153. The summed E-state index contributed by atoms with van der Waals surface area (Å²) < 4.78 is 12.4. The van der Waals surface area contributed by atoms with E-state index in [1.807, 2.05) is 36.5 Å². The van der Waals surface area contributed by atoms with E-state index in [0.717, 1.165) is 42.4 Å². The van der Waals surface area contributed by atoms with Crippen molar-refractivity contribution in [2.45, 2.75) is 30.8 Å². The van der Waals surface area contributed by atoms with Crippen molar-refractivity contribution < 1.29 is 9.47 Å². The highest BCUT2D eigenvalue weighted by atomic mass is 16.5. The number of nitrogens with one attached hydrogen (secondary N) is 2. The first kappa shape index (κ1) is 16.7. The SMILES string of the molecule is C1=NC[C@H]2CN[C@H](O2)c2cccc(n2)[C@H]2O[C@@H]3CN[C@H](c4cccc1n4)N2C3. The molecule has 4 aliphatic rings. The van der Waals surface area contributed by atoms with Gasteiger partial charge in [0.1, 0.15) is 6.17 Å². The van der Waals surface area contributed by atoms with E-state index in [1.54, 1.807) is 0 Å². The van der Waals surface area contributed by atoms with E-state index in [2.05, 4.69) is 26.6 Å². The zero-order chi connectivity index (χ0) is 18.5. The Balaban J connectivity index is 1.45. The molecule has 0 radical (unpaired) electrons. The van der Waals surface area contributed by atoms with Crippen molar-refractivity contribution in [2.75, 3.05) is 26.2 Å². The summed E-state index contributed by atoms with van der Waals surface area (Å²) in [5, 5.41) is 6.98. The van der Waals surface area contributed by atoms with Crippen LogP contribution in [-0.2, 0) is 9.47 Å². The quantitative estimate of drug-likeness (QED) is 0.705. The fourth-order valence-electron chi connectivity index (χ4n) is 4.38. The van der Waals surface area contributed by atoms with Crippen LogP contribution in [0.2, 0.25) is 0 Å². The number of rotatable bonds is 0. The minimum atomic E-state index is -0.214. The molecule has 8 bridgehead atoms. The summed E-state index contributed by atoms with van der Waals surface area (Å²) in [6.07, 6.45) is 1.58. The van der Waals surface area contributed by atoms with Crippen LogP contribution in [0.15, 0.2) is 41.4 Å². The number of fused-ring (bicyclic) bond motifs is 10. The molecule has 6 heterocycles. The summed E-state index contributed by atoms with van der Waals surface area (Å²) in [5.74, 6) is 0. The molecule has 6 rings (SSSR count). The largest absolute Gasteiger partial charge is 0.351 e. The van der Waals surface area contributed by atoms with E-state index in [0.29, 0.717) is 6.54 Å². The number of nitrogens with zero attached hydrogens (tertiary/aromatic N) is 4. The van der Waals surface area contributed by atoms with E-state index in [-0.39, 0.29) is 30.8 Å². The number of ether oxygens (including phenoxy) is 2. The Morgan fingerprint density at radius 2 is 1.75 bits per heavy atom. The van der Waals surface area contributed by atoms with Crippen molar-refractivity contribution in [3.05, 3.63) is 59.2 Å². The van der Waals surface area contributed by atoms with Crippen molar-refractivity contribution in [2.24, 2.45) is 4.99 Å². The van der Waals surface area contributed by atoms with Gasteiger partial charge in [-0.05, 0) is 24.3 Å². The number of aromatic nitrogens is 2. The molecule has 2 aromatic rings. The summed E-state index contributed by atoms with van der Waals surface area (Å²) in [6, 6.07) is 12.1. The van der Waals surface area contributed by atoms with E-state index in [1.165, 1.54) is 0 Å². The third-order valence-electron chi connectivity index (χ3n) is 5.69. The smallest absolute Gasteiger partial charge is 0.155 e. The maximum Gasteiger partial charge on any atom is 0.155 e. The molecule has 0 aliphatic carbocycles. The Kier molecular flexibility index (Phi) is 3.98. The predicted molar refractivity (Wildman–Crippen MR) is 102 cm³/mol. The molecular weight excluding hydrogens is 356 g/mol. The van der Waals surface area contributed by atoms with E-state index < -0.39 is 0 Å². The molecule has 3 saturated heterocycles. The van der Waals surface area contributed by atoms with Crippen LogP contribution in [-0.4, -0.2) is 59.5 Å². The summed E-state index contributed by atoms with van der Waals surface area (Å²) >= 11 is 0. The number of hydrogen-bond donors (Lipinski definition) is 2. The van der Waals surface area contributed by atoms with E-state index in [4.69, 9.17) is 19.4 Å². The molecule has 4 aliphatic heterocycles. The van der Waals surface area contributed by atoms with Gasteiger partial charge in [0.25, 0.3) is 0 Å². The van der Waals surface area contributed by atoms with Crippen LogP contribution in [0.25, 0.3) is 0 Å². The molecule has 0 unspecified atom stereocenters. The normalized spacial score (nSPS) is 34.1. The third-order valence-corrected chi connectivity index (χ3v) is 5.69. The van der Waals surface area contributed by atoms with Gasteiger partial charge in [-0.3, -0.25) is 15.6 Å². The van der Waals surface area contributed by atoms with Gasteiger partial charge in [0, 0.05) is 25.8 Å². The molecule has 0 spiro atoms. The first-order valence-electron chi connectivity index (χ1n) is 9.80. The predicted octanol–water partition coefficient (Wildman–Crippen LogP) is 0.897. The summed E-state index contributed by atoms with van der Waals surface area (Å²) in [7, 11) is 0. The third kappa shape index (κ3) is 2.85. The topological polar surface area (TPSA) is 83.9 Å².